The summed E-state index contributed by atoms with van der Waals surface area (Å²) >= 11 is 0. The van der Waals surface area contributed by atoms with E-state index in [1.54, 1.807) is 0 Å². The Bertz CT molecular complexity index is 716. The van der Waals surface area contributed by atoms with Crippen LogP contribution in [0.3, 0.4) is 0 Å². The van der Waals surface area contributed by atoms with Gasteiger partial charge in [0.05, 0.1) is 11.6 Å². The molecule has 0 spiro atoms. The SMILES string of the molecule is Cn1cccc1-c1noc(C2CCN(C(=O)NC3CCCC3)C2)n1. The lowest BCUT2D eigenvalue weighted by molar-refractivity contribution is 0.203. The number of aryl methyl sites for hydroxylation is 1. The second-order valence-electron chi connectivity index (χ2n) is 6.82. The van der Waals surface area contributed by atoms with Gasteiger partial charge < -0.3 is 19.3 Å². The van der Waals surface area contributed by atoms with Gasteiger partial charge in [-0.25, -0.2) is 4.79 Å². The molecule has 2 aromatic rings. The van der Waals surface area contributed by atoms with Gasteiger partial charge in [-0.15, -0.1) is 0 Å². The fourth-order valence-corrected chi connectivity index (χ4v) is 3.68. The number of nitrogens with zero attached hydrogens (tertiary/aromatic N) is 4. The van der Waals surface area contributed by atoms with Gasteiger partial charge in [-0.05, 0) is 31.4 Å². The van der Waals surface area contributed by atoms with Crippen molar-refractivity contribution in [3.8, 4) is 11.5 Å². The molecule has 1 aliphatic carbocycles. The van der Waals surface area contributed by atoms with Gasteiger partial charge in [0.25, 0.3) is 0 Å². The summed E-state index contributed by atoms with van der Waals surface area (Å²) in [5.74, 6) is 1.36. The highest BCUT2D eigenvalue weighted by molar-refractivity contribution is 5.75. The summed E-state index contributed by atoms with van der Waals surface area (Å²) in [5, 5.41) is 7.24. The lowest BCUT2D eigenvalue weighted by Gasteiger charge is -2.20. The van der Waals surface area contributed by atoms with Gasteiger partial charge in [-0.3, -0.25) is 0 Å². The lowest BCUT2D eigenvalue weighted by Crippen LogP contribution is -2.42. The van der Waals surface area contributed by atoms with E-state index in [4.69, 9.17) is 4.52 Å². The largest absolute Gasteiger partial charge is 0.348 e. The molecule has 4 rings (SSSR count). The molecule has 1 saturated carbocycles. The highest BCUT2D eigenvalue weighted by Crippen LogP contribution is 2.28. The number of urea groups is 1. The summed E-state index contributed by atoms with van der Waals surface area (Å²) in [7, 11) is 1.95. The molecule has 7 heteroatoms. The Kier molecular flexibility index (Phi) is 4.00. The predicted octanol–water partition coefficient (Wildman–Crippen LogP) is 2.52. The van der Waals surface area contributed by atoms with Crippen molar-refractivity contribution in [3.63, 3.8) is 0 Å². The molecule has 128 valence electrons. The molecule has 2 aliphatic rings. The van der Waals surface area contributed by atoms with Crippen molar-refractivity contribution < 1.29 is 9.32 Å². The quantitative estimate of drug-likeness (QED) is 0.939. The normalized spacial score (nSPS) is 21.5. The zero-order chi connectivity index (χ0) is 16.5. The molecule has 0 radical (unpaired) electrons. The second-order valence-corrected chi connectivity index (χ2v) is 6.82. The highest BCUT2D eigenvalue weighted by Gasteiger charge is 2.32. The summed E-state index contributed by atoms with van der Waals surface area (Å²) in [6.45, 7) is 1.39. The van der Waals surface area contributed by atoms with Gasteiger partial charge in [-0.2, -0.15) is 4.98 Å². The van der Waals surface area contributed by atoms with Gasteiger partial charge in [0.1, 0.15) is 0 Å². The maximum Gasteiger partial charge on any atom is 0.317 e. The molecule has 1 saturated heterocycles. The molecular weight excluding hydrogens is 306 g/mol. The average Bonchev–Trinajstić information content (AvgIpc) is 3.34. The Morgan fingerprint density at radius 3 is 2.92 bits per heavy atom. The van der Waals surface area contributed by atoms with Crippen molar-refractivity contribution in [2.75, 3.05) is 13.1 Å². The summed E-state index contributed by atoms with van der Waals surface area (Å²) in [5.41, 5.74) is 0.929. The first-order valence-corrected chi connectivity index (χ1v) is 8.71. The second kappa shape index (κ2) is 6.30. The van der Waals surface area contributed by atoms with Crippen LogP contribution in [-0.2, 0) is 7.05 Å². The van der Waals surface area contributed by atoms with Crippen LogP contribution in [0.1, 0.15) is 43.9 Å². The number of aromatic nitrogens is 3. The van der Waals surface area contributed by atoms with Crippen LogP contribution in [0.5, 0.6) is 0 Å². The number of hydrogen-bond donors (Lipinski definition) is 1. The Labute approximate surface area is 141 Å². The van der Waals surface area contributed by atoms with Crippen LogP contribution in [0.15, 0.2) is 22.9 Å². The number of nitrogens with one attached hydrogen (secondary N) is 1. The molecule has 2 fully saturated rings. The molecule has 1 unspecified atom stereocenters. The maximum atomic E-state index is 12.4. The molecule has 7 nitrogen and oxygen atoms in total. The van der Waals surface area contributed by atoms with Crippen molar-refractivity contribution in [1.82, 2.24) is 24.9 Å². The number of likely N-dealkylation sites (tertiary alicyclic amines) is 1. The molecule has 1 N–H and O–H groups in total. The van der Waals surface area contributed by atoms with Crippen molar-refractivity contribution >= 4 is 6.03 Å². The van der Waals surface area contributed by atoms with E-state index < -0.39 is 0 Å². The zero-order valence-electron chi connectivity index (χ0n) is 13.9. The number of hydrogen-bond acceptors (Lipinski definition) is 4. The third-order valence-electron chi connectivity index (χ3n) is 5.12. The topological polar surface area (TPSA) is 76.2 Å². The number of carbonyl (C=O) groups is 1. The standard InChI is InChI=1S/C17H23N5O2/c1-21-9-4-7-14(21)15-19-16(24-20-15)12-8-10-22(11-12)17(23)18-13-5-2-3-6-13/h4,7,9,12-13H,2-3,5-6,8,10-11H2,1H3,(H,18,23). The van der Waals surface area contributed by atoms with Crippen molar-refractivity contribution in [2.45, 2.75) is 44.1 Å². The lowest BCUT2D eigenvalue weighted by atomic mass is 10.1. The molecule has 2 aromatic heterocycles. The van der Waals surface area contributed by atoms with E-state index >= 15 is 0 Å². The van der Waals surface area contributed by atoms with Crippen molar-refractivity contribution in [3.05, 3.63) is 24.2 Å². The Balaban J connectivity index is 1.39. The molecule has 24 heavy (non-hydrogen) atoms. The van der Waals surface area contributed by atoms with E-state index in [9.17, 15) is 4.79 Å². The van der Waals surface area contributed by atoms with Gasteiger partial charge in [0.15, 0.2) is 0 Å². The first-order chi connectivity index (χ1) is 11.7. The zero-order valence-corrected chi connectivity index (χ0v) is 13.9. The van der Waals surface area contributed by atoms with Gasteiger partial charge in [0, 0.05) is 32.4 Å². The third-order valence-corrected chi connectivity index (χ3v) is 5.12. The molecule has 1 aliphatic heterocycles. The van der Waals surface area contributed by atoms with E-state index in [1.807, 2.05) is 34.8 Å². The molecule has 2 amide bonds. The first kappa shape index (κ1) is 15.2. The van der Waals surface area contributed by atoms with Crippen LogP contribution >= 0.6 is 0 Å². The third kappa shape index (κ3) is 2.90. The fourth-order valence-electron chi connectivity index (χ4n) is 3.68. The predicted molar refractivity (Wildman–Crippen MR) is 88.4 cm³/mol. The van der Waals surface area contributed by atoms with Gasteiger partial charge in [0.2, 0.25) is 11.7 Å². The van der Waals surface area contributed by atoms with E-state index in [-0.39, 0.29) is 11.9 Å². The minimum atomic E-state index is 0.0478. The van der Waals surface area contributed by atoms with E-state index in [1.165, 1.54) is 12.8 Å². The molecular formula is C17H23N5O2. The van der Waals surface area contributed by atoms with Crippen molar-refractivity contribution in [1.29, 1.82) is 0 Å². The number of rotatable bonds is 3. The monoisotopic (exact) mass is 329 g/mol. The molecule has 0 bridgehead atoms. The molecule has 0 aromatic carbocycles. The van der Waals surface area contributed by atoms with E-state index in [0.717, 1.165) is 31.5 Å². The van der Waals surface area contributed by atoms with Crippen molar-refractivity contribution in [2.24, 2.45) is 7.05 Å². The Morgan fingerprint density at radius 1 is 1.33 bits per heavy atom. The van der Waals surface area contributed by atoms with Gasteiger partial charge >= 0.3 is 6.03 Å². The summed E-state index contributed by atoms with van der Waals surface area (Å²) in [4.78, 5) is 18.8. The van der Waals surface area contributed by atoms with E-state index in [0.29, 0.717) is 24.3 Å². The van der Waals surface area contributed by atoms with Crippen LogP contribution < -0.4 is 5.32 Å². The van der Waals surface area contributed by atoms with E-state index in [2.05, 4.69) is 15.5 Å². The highest BCUT2D eigenvalue weighted by atomic mass is 16.5. The van der Waals surface area contributed by atoms with Crippen LogP contribution in [0, 0.1) is 0 Å². The summed E-state index contributed by atoms with van der Waals surface area (Å²) in [6.07, 6.45) is 7.47. The van der Waals surface area contributed by atoms with Crippen LogP contribution in [0.2, 0.25) is 0 Å². The minimum Gasteiger partial charge on any atom is -0.348 e. The maximum absolute atomic E-state index is 12.4. The van der Waals surface area contributed by atoms with Crippen LogP contribution in [0.25, 0.3) is 11.5 Å². The summed E-state index contributed by atoms with van der Waals surface area (Å²) in [6, 6.07) is 4.32. The summed E-state index contributed by atoms with van der Waals surface area (Å²) < 4.78 is 7.42. The smallest absolute Gasteiger partial charge is 0.317 e. The first-order valence-electron chi connectivity index (χ1n) is 8.71. The average molecular weight is 329 g/mol. The minimum absolute atomic E-state index is 0.0478. The van der Waals surface area contributed by atoms with Crippen LogP contribution in [-0.4, -0.2) is 44.8 Å². The van der Waals surface area contributed by atoms with Crippen LogP contribution in [0.4, 0.5) is 4.79 Å². The fraction of sp³-hybridized carbons (Fsp3) is 0.588. The molecule has 1 atom stereocenters. The number of amides is 2. The Hall–Kier alpha value is -2.31. The number of carbonyl (C=O) groups excluding carboxylic acids is 1. The Morgan fingerprint density at radius 2 is 2.17 bits per heavy atom. The van der Waals surface area contributed by atoms with Gasteiger partial charge in [-0.1, -0.05) is 18.0 Å². The molecule has 3 heterocycles.